The minimum absolute atomic E-state index is 0.0157. The molecule has 2 aliphatic carbocycles. The number of halogens is 1. The number of imidazole rings is 1. The van der Waals surface area contributed by atoms with Crippen LogP contribution in [0.1, 0.15) is 63.3 Å². The molecule has 0 amide bonds. The van der Waals surface area contributed by atoms with Gasteiger partial charge in [0.25, 0.3) is 5.89 Å². The average molecular weight is 556 g/mol. The summed E-state index contributed by atoms with van der Waals surface area (Å²) in [5.41, 5.74) is 3.85. The maximum atomic E-state index is 11.8. The van der Waals surface area contributed by atoms with E-state index in [0.29, 0.717) is 22.3 Å². The van der Waals surface area contributed by atoms with Crippen LogP contribution in [-0.2, 0) is 12.0 Å². The maximum absolute atomic E-state index is 11.8. The molecule has 0 unspecified atom stereocenters. The molecule has 204 valence electrons. The first-order valence-corrected chi connectivity index (χ1v) is 14.4. The number of hydrogen-bond acceptors (Lipinski definition) is 7. The molecule has 4 heterocycles. The van der Waals surface area contributed by atoms with Crippen molar-refractivity contribution in [2.24, 2.45) is 11.8 Å². The molecule has 2 fully saturated rings. The Hall–Kier alpha value is -3.85. The summed E-state index contributed by atoms with van der Waals surface area (Å²) in [5, 5.41) is 6.81. The first-order chi connectivity index (χ1) is 19.5. The number of nitrogens with one attached hydrogen (secondary N) is 1. The molecular weight excluding hydrogens is 526 g/mol. The molecular formula is C30H30ClN7O2. The van der Waals surface area contributed by atoms with E-state index >= 15 is 0 Å². The van der Waals surface area contributed by atoms with Gasteiger partial charge in [-0.15, -0.1) is 5.10 Å². The summed E-state index contributed by atoms with van der Waals surface area (Å²) < 4.78 is 7.62. The summed E-state index contributed by atoms with van der Waals surface area (Å²) in [5.74, 6) is 1.85. The lowest BCUT2D eigenvalue weighted by Gasteiger charge is -2.42. The Balaban J connectivity index is 1.50. The first-order valence-electron chi connectivity index (χ1n) is 14.0. The van der Waals surface area contributed by atoms with E-state index in [9.17, 15) is 4.79 Å². The highest BCUT2D eigenvalue weighted by molar-refractivity contribution is 6.30. The molecule has 0 radical (unpaired) electrons. The van der Waals surface area contributed by atoms with E-state index in [1.165, 1.54) is 31.2 Å². The van der Waals surface area contributed by atoms with Gasteiger partial charge in [0.05, 0.1) is 10.4 Å². The molecule has 2 saturated carbocycles. The zero-order chi connectivity index (χ0) is 27.3. The molecule has 4 aromatic heterocycles. The van der Waals surface area contributed by atoms with Crippen LogP contribution in [-0.4, -0.2) is 34.7 Å². The van der Waals surface area contributed by atoms with Gasteiger partial charge >= 0.3 is 5.76 Å². The minimum Gasteiger partial charge on any atom is -0.384 e. The van der Waals surface area contributed by atoms with Gasteiger partial charge in [0.1, 0.15) is 17.0 Å². The van der Waals surface area contributed by atoms with E-state index in [2.05, 4.69) is 57.0 Å². The zero-order valence-corrected chi connectivity index (χ0v) is 23.1. The topological polar surface area (TPSA) is 115 Å². The lowest BCUT2D eigenvalue weighted by Crippen LogP contribution is -2.39. The standard InChI is InChI=1S/C30H30ClN7O2/c1-18-8-10-19(11-9-18)17-38-24-23(20-14-22(31)16-32-15-20)33-26(27-36-37-29(39)40-27)34-25(24)35-28(38)30(12-5-13-30)21-6-3-2-4-7-21/h2-4,6-7,14-16,18-19H,5,8-13,17H2,1H3,(H,37,39)/t18-,19-. The summed E-state index contributed by atoms with van der Waals surface area (Å²) in [7, 11) is 0. The van der Waals surface area contributed by atoms with Crippen molar-refractivity contribution in [1.82, 2.24) is 34.7 Å². The summed E-state index contributed by atoms with van der Waals surface area (Å²) in [6.45, 7) is 3.19. The normalized spacial score (nSPS) is 20.4. The Morgan fingerprint density at radius 1 is 1.07 bits per heavy atom. The number of H-pyrrole nitrogens is 1. The van der Waals surface area contributed by atoms with Crippen LogP contribution in [0.5, 0.6) is 0 Å². The Morgan fingerprint density at radius 2 is 1.88 bits per heavy atom. The minimum atomic E-state index is -0.667. The van der Waals surface area contributed by atoms with Crippen molar-refractivity contribution in [2.75, 3.05) is 0 Å². The molecule has 1 aromatic carbocycles. The maximum Gasteiger partial charge on any atom is 0.434 e. The molecule has 2 aliphatic rings. The molecule has 5 aromatic rings. The van der Waals surface area contributed by atoms with Crippen molar-refractivity contribution < 1.29 is 4.42 Å². The fraction of sp³-hybridized carbons (Fsp3) is 0.400. The van der Waals surface area contributed by atoms with E-state index < -0.39 is 5.76 Å². The molecule has 1 N–H and O–H groups in total. The summed E-state index contributed by atoms with van der Waals surface area (Å²) in [6.07, 6.45) is 11.4. The van der Waals surface area contributed by atoms with Crippen molar-refractivity contribution in [3.05, 3.63) is 75.8 Å². The van der Waals surface area contributed by atoms with Crippen LogP contribution in [0.2, 0.25) is 5.02 Å². The van der Waals surface area contributed by atoms with Crippen LogP contribution in [0.15, 0.2) is 58.0 Å². The molecule has 0 saturated heterocycles. The van der Waals surface area contributed by atoms with E-state index in [0.717, 1.165) is 48.6 Å². The van der Waals surface area contributed by atoms with Crippen molar-refractivity contribution >= 4 is 22.8 Å². The van der Waals surface area contributed by atoms with Gasteiger partial charge < -0.3 is 8.98 Å². The van der Waals surface area contributed by atoms with Gasteiger partial charge in [0.2, 0.25) is 5.82 Å². The van der Waals surface area contributed by atoms with Crippen molar-refractivity contribution in [3.63, 3.8) is 0 Å². The Morgan fingerprint density at radius 3 is 2.55 bits per heavy atom. The van der Waals surface area contributed by atoms with Gasteiger partial charge in [0, 0.05) is 24.5 Å². The van der Waals surface area contributed by atoms with Crippen LogP contribution in [0.3, 0.4) is 0 Å². The zero-order valence-electron chi connectivity index (χ0n) is 22.3. The largest absolute Gasteiger partial charge is 0.434 e. The Bertz CT molecular complexity index is 1730. The Labute approximate surface area is 236 Å². The summed E-state index contributed by atoms with van der Waals surface area (Å²) >= 11 is 6.40. The van der Waals surface area contributed by atoms with Crippen LogP contribution >= 0.6 is 11.6 Å². The third kappa shape index (κ3) is 4.33. The average Bonchev–Trinajstić information content (AvgIpc) is 3.53. The summed E-state index contributed by atoms with van der Waals surface area (Å²) in [4.78, 5) is 31.1. The first kappa shape index (κ1) is 25.1. The number of fused-ring (bicyclic) bond motifs is 1. The van der Waals surface area contributed by atoms with E-state index in [4.69, 9.17) is 31.0 Å². The number of pyridine rings is 1. The van der Waals surface area contributed by atoms with Crippen LogP contribution in [0, 0.1) is 11.8 Å². The highest BCUT2D eigenvalue weighted by Gasteiger charge is 2.45. The van der Waals surface area contributed by atoms with Crippen LogP contribution < -0.4 is 5.76 Å². The predicted molar refractivity (Wildman–Crippen MR) is 152 cm³/mol. The highest BCUT2D eigenvalue weighted by Crippen LogP contribution is 2.50. The molecule has 40 heavy (non-hydrogen) atoms. The second-order valence-electron chi connectivity index (χ2n) is 11.4. The number of aromatic nitrogens is 7. The van der Waals surface area contributed by atoms with Gasteiger partial charge in [-0.3, -0.25) is 4.98 Å². The van der Waals surface area contributed by atoms with E-state index in [-0.39, 0.29) is 17.1 Å². The third-order valence-electron chi connectivity index (χ3n) is 8.75. The SMILES string of the molecule is C[C@H]1CC[C@H](Cn2c(C3(c4ccccc4)CCC3)nc3nc(-c4n[nH]c(=O)o4)nc(-c4cncc(Cl)c4)c32)CC1. The molecule has 10 heteroatoms. The smallest absolute Gasteiger partial charge is 0.384 e. The highest BCUT2D eigenvalue weighted by atomic mass is 35.5. The van der Waals surface area contributed by atoms with Gasteiger partial charge in [-0.2, -0.15) is 0 Å². The Kier molecular flexibility index (Phi) is 6.26. The van der Waals surface area contributed by atoms with Gasteiger partial charge in [0.15, 0.2) is 5.65 Å². The van der Waals surface area contributed by atoms with E-state index in [1.807, 2.05) is 6.07 Å². The molecule has 0 atom stereocenters. The third-order valence-corrected chi connectivity index (χ3v) is 8.96. The quantitative estimate of drug-likeness (QED) is 0.266. The van der Waals surface area contributed by atoms with E-state index in [1.54, 1.807) is 12.4 Å². The second-order valence-corrected chi connectivity index (χ2v) is 11.8. The van der Waals surface area contributed by atoms with Crippen molar-refractivity contribution in [2.45, 2.75) is 63.8 Å². The van der Waals surface area contributed by atoms with Crippen LogP contribution in [0.25, 0.3) is 34.1 Å². The number of hydrogen-bond donors (Lipinski definition) is 1. The van der Waals surface area contributed by atoms with Gasteiger partial charge in [-0.25, -0.2) is 24.8 Å². The second kappa shape index (κ2) is 9.96. The molecule has 0 spiro atoms. The molecule has 0 bridgehead atoms. The fourth-order valence-electron chi connectivity index (χ4n) is 6.44. The summed E-state index contributed by atoms with van der Waals surface area (Å²) in [6, 6.07) is 12.5. The lowest BCUT2D eigenvalue weighted by atomic mass is 9.63. The van der Waals surface area contributed by atoms with Crippen molar-refractivity contribution in [1.29, 1.82) is 0 Å². The number of nitrogens with zero attached hydrogens (tertiary/aromatic N) is 6. The molecule has 7 rings (SSSR count). The van der Waals surface area contributed by atoms with Crippen molar-refractivity contribution in [3.8, 4) is 23.0 Å². The van der Waals surface area contributed by atoms with Gasteiger partial charge in [-0.1, -0.05) is 68.1 Å². The van der Waals surface area contributed by atoms with Crippen LogP contribution in [0.4, 0.5) is 0 Å². The monoisotopic (exact) mass is 555 g/mol. The fourth-order valence-corrected chi connectivity index (χ4v) is 6.62. The van der Waals surface area contributed by atoms with Gasteiger partial charge in [-0.05, 0) is 49.1 Å². The lowest BCUT2D eigenvalue weighted by molar-refractivity contribution is 0.242. The molecule has 0 aliphatic heterocycles. The number of aromatic amines is 1. The number of benzene rings is 1. The predicted octanol–water partition coefficient (Wildman–Crippen LogP) is 6.18. The number of rotatable bonds is 6. The molecule has 9 nitrogen and oxygen atoms in total.